The van der Waals surface area contributed by atoms with Crippen LogP contribution in [0.1, 0.15) is 11.1 Å². The van der Waals surface area contributed by atoms with Gasteiger partial charge in [0, 0.05) is 11.1 Å². The summed E-state index contributed by atoms with van der Waals surface area (Å²) in [6.45, 7) is 3.13. The molecule has 0 aliphatic carbocycles. The minimum absolute atomic E-state index is 0.0436. The molecular formula is C12H6F2N4OS. The molecule has 0 bridgehead atoms. The van der Waals surface area contributed by atoms with Gasteiger partial charge in [0.15, 0.2) is 0 Å². The predicted molar refractivity (Wildman–Crippen MR) is 69.7 cm³/mol. The third-order valence-electron chi connectivity index (χ3n) is 3.51. The molecule has 0 radical (unpaired) electrons. The average Bonchev–Trinajstić information content (AvgIpc) is 3.08. The van der Waals surface area contributed by atoms with Gasteiger partial charge in [-0.3, -0.25) is 0 Å². The molecule has 0 unspecified atom stereocenters. The van der Waals surface area contributed by atoms with Crippen LogP contribution in [0, 0.1) is 25.5 Å². The molecule has 2 heterocycles. The second-order valence-corrected chi connectivity index (χ2v) is 5.08. The Balaban J connectivity index is 2.49. The van der Waals surface area contributed by atoms with Gasteiger partial charge in [-0.25, -0.2) is 13.4 Å². The Kier molecular flexibility index (Phi) is 2.12. The lowest BCUT2D eigenvalue weighted by molar-refractivity contribution is 0.315. The topological polar surface area (TPSA) is 64.7 Å². The zero-order valence-electron chi connectivity index (χ0n) is 10.4. The highest BCUT2D eigenvalue weighted by Gasteiger charge is 2.24. The van der Waals surface area contributed by atoms with Crippen LogP contribution in [0.5, 0.6) is 0 Å². The number of hydrogen-bond donors (Lipinski definition) is 0. The Labute approximate surface area is 114 Å². The SMILES string of the molecule is Cc1c(F)c2c3nonc3c(C)c(F)c2c2nsnc12. The summed E-state index contributed by atoms with van der Waals surface area (Å²) in [5.74, 6) is -1.14. The number of halogens is 2. The van der Waals surface area contributed by atoms with E-state index in [9.17, 15) is 8.78 Å². The molecule has 0 atom stereocenters. The van der Waals surface area contributed by atoms with E-state index in [1.807, 2.05) is 0 Å². The van der Waals surface area contributed by atoms with Gasteiger partial charge in [-0.15, -0.1) is 0 Å². The van der Waals surface area contributed by atoms with Crippen LogP contribution in [-0.4, -0.2) is 19.1 Å². The van der Waals surface area contributed by atoms with E-state index >= 15 is 0 Å². The predicted octanol–water partition coefficient (Wildman–Crippen LogP) is 3.28. The molecule has 4 aromatic rings. The molecule has 8 heteroatoms. The van der Waals surface area contributed by atoms with Crippen LogP contribution >= 0.6 is 11.7 Å². The fraction of sp³-hybridized carbons (Fsp3) is 0.167. The number of aryl methyl sites for hydroxylation is 2. The third kappa shape index (κ3) is 1.19. The molecule has 0 aliphatic heterocycles. The van der Waals surface area contributed by atoms with Crippen molar-refractivity contribution in [3.05, 3.63) is 22.8 Å². The van der Waals surface area contributed by atoms with Crippen molar-refractivity contribution in [1.29, 1.82) is 0 Å². The maximum atomic E-state index is 14.6. The van der Waals surface area contributed by atoms with Crippen molar-refractivity contribution in [2.24, 2.45) is 0 Å². The van der Waals surface area contributed by atoms with Crippen LogP contribution in [0.4, 0.5) is 8.78 Å². The Hall–Kier alpha value is -2.22. The van der Waals surface area contributed by atoms with Crippen molar-refractivity contribution in [2.45, 2.75) is 13.8 Å². The first-order valence-corrected chi connectivity index (χ1v) is 6.48. The Morgan fingerprint density at radius 2 is 1.35 bits per heavy atom. The van der Waals surface area contributed by atoms with Crippen LogP contribution in [0.3, 0.4) is 0 Å². The largest absolute Gasteiger partial charge is 0.243 e. The van der Waals surface area contributed by atoms with Crippen LogP contribution < -0.4 is 0 Å². The molecule has 0 amide bonds. The minimum Gasteiger partial charge on any atom is -0.243 e. The highest BCUT2D eigenvalue weighted by molar-refractivity contribution is 7.00. The normalized spacial score (nSPS) is 12.0. The van der Waals surface area contributed by atoms with E-state index in [4.69, 9.17) is 0 Å². The first-order valence-electron chi connectivity index (χ1n) is 5.75. The molecule has 0 fully saturated rings. The molecule has 0 aliphatic rings. The summed E-state index contributed by atoms with van der Waals surface area (Å²) < 4.78 is 41.9. The van der Waals surface area contributed by atoms with Crippen LogP contribution in [0.2, 0.25) is 0 Å². The van der Waals surface area contributed by atoms with E-state index in [0.29, 0.717) is 16.6 Å². The summed E-state index contributed by atoms with van der Waals surface area (Å²) in [5.41, 5.74) is 1.70. The van der Waals surface area contributed by atoms with E-state index < -0.39 is 11.6 Å². The first-order chi connectivity index (χ1) is 9.61. The summed E-state index contributed by atoms with van der Waals surface area (Å²) in [6, 6.07) is 0. The standard InChI is InChI=1S/C12H6F2N4OS/c1-3-7(13)6-5(11-9(3)15-19-16-11)8(14)4(2)10-12(6)18-20-17-10/h1-2H3. The van der Waals surface area contributed by atoms with Gasteiger partial charge in [-0.1, -0.05) is 0 Å². The number of hydrogen-bond acceptors (Lipinski definition) is 6. The minimum atomic E-state index is -0.570. The van der Waals surface area contributed by atoms with Gasteiger partial charge >= 0.3 is 0 Å². The van der Waals surface area contributed by atoms with Crippen LogP contribution in [0.15, 0.2) is 4.63 Å². The van der Waals surface area contributed by atoms with Crippen molar-refractivity contribution >= 4 is 44.6 Å². The van der Waals surface area contributed by atoms with Gasteiger partial charge in [-0.05, 0) is 24.2 Å². The van der Waals surface area contributed by atoms with Gasteiger partial charge in [0.2, 0.25) is 0 Å². The molecule has 0 saturated heterocycles. The van der Waals surface area contributed by atoms with E-state index in [0.717, 1.165) is 11.7 Å². The Morgan fingerprint density at radius 3 is 2.10 bits per heavy atom. The second-order valence-electron chi connectivity index (χ2n) is 4.55. The van der Waals surface area contributed by atoms with Crippen LogP contribution in [0.25, 0.3) is 32.8 Å². The molecule has 5 nitrogen and oxygen atoms in total. The summed E-state index contributed by atoms with van der Waals surface area (Å²) in [5, 5.41) is 7.47. The summed E-state index contributed by atoms with van der Waals surface area (Å²) >= 11 is 0.920. The fourth-order valence-corrected chi connectivity index (χ4v) is 3.05. The van der Waals surface area contributed by atoms with Crippen molar-refractivity contribution in [1.82, 2.24) is 19.1 Å². The maximum Gasteiger partial charge on any atom is 0.146 e. The third-order valence-corrected chi connectivity index (χ3v) is 4.04. The highest BCUT2D eigenvalue weighted by atomic mass is 32.1. The van der Waals surface area contributed by atoms with Gasteiger partial charge in [0.25, 0.3) is 0 Å². The molecule has 20 heavy (non-hydrogen) atoms. The molecule has 2 aromatic heterocycles. The number of benzene rings is 2. The second kappa shape index (κ2) is 3.66. The smallest absolute Gasteiger partial charge is 0.146 e. The van der Waals surface area contributed by atoms with Gasteiger partial charge in [0.05, 0.1) is 22.5 Å². The van der Waals surface area contributed by atoms with E-state index in [2.05, 4.69) is 23.7 Å². The zero-order valence-corrected chi connectivity index (χ0v) is 11.2. The lowest BCUT2D eigenvalue weighted by Gasteiger charge is -2.07. The summed E-state index contributed by atoms with van der Waals surface area (Å²) in [7, 11) is 0. The molecule has 2 aromatic carbocycles. The van der Waals surface area contributed by atoms with Crippen molar-refractivity contribution < 1.29 is 13.4 Å². The highest BCUT2D eigenvalue weighted by Crippen LogP contribution is 2.37. The van der Waals surface area contributed by atoms with Crippen molar-refractivity contribution in [2.75, 3.05) is 0 Å². The molecule has 4 rings (SSSR count). The molecular weight excluding hydrogens is 286 g/mol. The van der Waals surface area contributed by atoms with Gasteiger partial charge in [0.1, 0.15) is 33.7 Å². The molecule has 100 valence electrons. The quantitative estimate of drug-likeness (QED) is 0.497. The lowest BCUT2D eigenvalue weighted by atomic mass is 9.99. The van der Waals surface area contributed by atoms with Crippen LogP contribution in [-0.2, 0) is 0 Å². The number of rotatable bonds is 0. The first kappa shape index (κ1) is 11.6. The molecule has 0 saturated carbocycles. The maximum absolute atomic E-state index is 14.6. The fourth-order valence-electron chi connectivity index (χ4n) is 2.44. The zero-order chi connectivity index (χ0) is 14.0. The van der Waals surface area contributed by atoms with E-state index in [-0.39, 0.29) is 27.4 Å². The Morgan fingerprint density at radius 1 is 0.800 bits per heavy atom. The Bertz CT molecular complexity index is 926. The van der Waals surface area contributed by atoms with E-state index in [1.54, 1.807) is 13.8 Å². The summed E-state index contributed by atoms with van der Waals surface area (Å²) in [4.78, 5) is 0. The monoisotopic (exact) mass is 292 g/mol. The van der Waals surface area contributed by atoms with Crippen molar-refractivity contribution in [3.63, 3.8) is 0 Å². The van der Waals surface area contributed by atoms with Crippen molar-refractivity contribution in [3.8, 4) is 0 Å². The summed E-state index contributed by atoms with van der Waals surface area (Å²) in [6.07, 6.45) is 0. The lowest BCUT2D eigenvalue weighted by Crippen LogP contribution is -1.96. The van der Waals surface area contributed by atoms with E-state index in [1.165, 1.54) is 0 Å². The van der Waals surface area contributed by atoms with Gasteiger partial charge in [-0.2, -0.15) is 8.75 Å². The molecule has 0 spiro atoms. The average molecular weight is 292 g/mol. The number of aromatic nitrogens is 4. The van der Waals surface area contributed by atoms with Gasteiger partial charge < -0.3 is 0 Å². The molecule has 0 N–H and O–H groups in total. The number of nitrogens with zero attached hydrogens (tertiary/aromatic N) is 4. The number of fused-ring (bicyclic) bond motifs is 5.